The van der Waals surface area contributed by atoms with E-state index in [0.717, 1.165) is 24.3 Å². The Morgan fingerprint density at radius 2 is 1.11 bits per heavy atom. The molecule has 4 rings (SSSR count). The molecule has 7 heteroatoms. The highest BCUT2D eigenvalue weighted by Crippen LogP contribution is 2.32. The van der Waals surface area contributed by atoms with Gasteiger partial charge in [-0.05, 0) is 75.3 Å². The molecule has 1 aliphatic carbocycles. The normalized spacial score (nSPS) is 16.8. The van der Waals surface area contributed by atoms with E-state index in [1.807, 2.05) is 19.1 Å². The summed E-state index contributed by atoms with van der Waals surface area (Å²) in [4.78, 5) is 0. The summed E-state index contributed by atoms with van der Waals surface area (Å²) in [6.45, 7) is 8.71. The van der Waals surface area contributed by atoms with Crippen molar-refractivity contribution in [1.29, 1.82) is 0 Å². The number of benzene rings is 3. The second kappa shape index (κ2) is 14.1. The molecule has 0 atom stereocenters. The average Bonchev–Trinajstić information content (AvgIpc) is 2.91. The first-order chi connectivity index (χ1) is 18.2. The van der Waals surface area contributed by atoms with Crippen LogP contribution in [-0.2, 0) is 0 Å². The summed E-state index contributed by atoms with van der Waals surface area (Å²) in [5.74, 6) is -2.66. The van der Waals surface area contributed by atoms with Crippen molar-refractivity contribution in [2.75, 3.05) is 19.8 Å². The second-order valence-electron chi connectivity index (χ2n) is 9.60. The molecule has 1 saturated carbocycles. The monoisotopic (exact) mass is 532 g/mol. The maximum Gasteiger partial charge on any atom is 0.204 e. The molecular weight excluding hydrogens is 496 g/mol. The van der Waals surface area contributed by atoms with Crippen LogP contribution in [0.5, 0.6) is 17.2 Å². The minimum Gasteiger partial charge on any atom is -0.491 e. The number of halogens is 4. The van der Waals surface area contributed by atoms with Crippen molar-refractivity contribution in [1.82, 2.24) is 0 Å². The van der Waals surface area contributed by atoms with Crippen LogP contribution >= 0.6 is 0 Å². The summed E-state index contributed by atoms with van der Waals surface area (Å²) in [7, 11) is 0. The third-order valence-electron chi connectivity index (χ3n) is 6.63. The summed E-state index contributed by atoms with van der Waals surface area (Å²) in [6.07, 6.45) is 4.58. The van der Waals surface area contributed by atoms with Crippen LogP contribution < -0.4 is 14.2 Å². The topological polar surface area (TPSA) is 27.7 Å². The summed E-state index contributed by atoms with van der Waals surface area (Å²) in [5, 5.41) is 0. The Morgan fingerprint density at radius 3 is 1.63 bits per heavy atom. The Morgan fingerprint density at radius 1 is 0.632 bits per heavy atom. The van der Waals surface area contributed by atoms with Gasteiger partial charge in [0.15, 0.2) is 23.1 Å². The van der Waals surface area contributed by atoms with Gasteiger partial charge < -0.3 is 14.2 Å². The highest BCUT2D eigenvalue weighted by atomic mass is 19.2. The maximum absolute atomic E-state index is 13.9. The van der Waals surface area contributed by atoms with Gasteiger partial charge in [-0.25, -0.2) is 4.39 Å². The zero-order valence-corrected chi connectivity index (χ0v) is 22.5. The Balaban J connectivity index is 0.000000212. The van der Waals surface area contributed by atoms with Crippen molar-refractivity contribution in [2.24, 2.45) is 11.8 Å². The van der Waals surface area contributed by atoms with Gasteiger partial charge in [0.25, 0.3) is 0 Å². The fourth-order valence-corrected chi connectivity index (χ4v) is 4.35. The van der Waals surface area contributed by atoms with Crippen LogP contribution in [0.2, 0.25) is 0 Å². The smallest absolute Gasteiger partial charge is 0.204 e. The lowest BCUT2D eigenvalue weighted by molar-refractivity contribution is 0.181. The lowest BCUT2D eigenvalue weighted by Gasteiger charge is -2.26. The molecule has 1 aliphatic rings. The minimum atomic E-state index is -0.971. The average molecular weight is 533 g/mol. The van der Waals surface area contributed by atoms with E-state index in [1.54, 1.807) is 26.0 Å². The van der Waals surface area contributed by atoms with Crippen molar-refractivity contribution in [3.05, 3.63) is 77.4 Å². The zero-order chi connectivity index (χ0) is 27.7. The molecule has 0 bridgehead atoms. The molecule has 1 fully saturated rings. The molecule has 3 aromatic rings. The van der Waals surface area contributed by atoms with Gasteiger partial charge in [-0.1, -0.05) is 49.6 Å². The van der Waals surface area contributed by atoms with Gasteiger partial charge in [-0.2, -0.15) is 13.2 Å². The van der Waals surface area contributed by atoms with Gasteiger partial charge in [0.05, 0.1) is 19.8 Å². The van der Waals surface area contributed by atoms with Gasteiger partial charge in [-0.15, -0.1) is 0 Å². The molecule has 38 heavy (non-hydrogen) atoms. The predicted octanol–water partition coefficient (Wildman–Crippen LogP) is 8.91. The van der Waals surface area contributed by atoms with E-state index in [1.165, 1.54) is 37.1 Å². The Kier molecular flexibility index (Phi) is 10.9. The van der Waals surface area contributed by atoms with E-state index in [-0.39, 0.29) is 22.8 Å². The molecule has 0 spiro atoms. The van der Waals surface area contributed by atoms with Crippen molar-refractivity contribution in [2.45, 2.75) is 53.4 Å². The summed E-state index contributed by atoms with van der Waals surface area (Å²) in [5.41, 5.74) is 1.97. The van der Waals surface area contributed by atoms with Crippen molar-refractivity contribution in [3.63, 3.8) is 0 Å². The SMILES string of the molecule is CCOc1ccc(-c2ccc(C)cc2)c(F)c1F.CCOc1ccc(OCC2CCC(C)CC2)c(F)c1F. The van der Waals surface area contributed by atoms with Crippen molar-refractivity contribution in [3.8, 4) is 28.4 Å². The quantitative estimate of drug-likeness (QED) is 0.271. The fraction of sp³-hybridized carbons (Fsp3) is 0.419. The molecule has 0 saturated heterocycles. The van der Waals surface area contributed by atoms with Gasteiger partial charge in [0.2, 0.25) is 17.5 Å². The fourth-order valence-electron chi connectivity index (χ4n) is 4.35. The van der Waals surface area contributed by atoms with E-state index < -0.39 is 23.3 Å². The van der Waals surface area contributed by atoms with Gasteiger partial charge in [-0.3, -0.25) is 0 Å². The number of ether oxygens (including phenoxy) is 3. The molecule has 0 N–H and O–H groups in total. The van der Waals surface area contributed by atoms with E-state index in [2.05, 4.69) is 6.92 Å². The Hall–Kier alpha value is -3.22. The first-order valence-electron chi connectivity index (χ1n) is 13.2. The summed E-state index contributed by atoms with van der Waals surface area (Å²) in [6, 6.07) is 13.1. The summed E-state index contributed by atoms with van der Waals surface area (Å²) >= 11 is 0. The van der Waals surface area contributed by atoms with E-state index in [4.69, 9.17) is 14.2 Å². The van der Waals surface area contributed by atoms with E-state index in [9.17, 15) is 17.6 Å². The highest BCUT2D eigenvalue weighted by Gasteiger charge is 2.21. The molecular formula is C31H36F4O3. The lowest BCUT2D eigenvalue weighted by atomic mass is 9.83. The van der Waals surface area contributed by atoms with Gasteiger partial charge in [0, 0.05) is 5.56 Å². The minimum absolute atomic E-state index is 0.0235. The van der Waals surface area contributed by atoms with Crippen LogP contribution in [0.3, 0.4) is 0 Å². The van der Waals surface area contributed by atoms with Crippen LogP contribution in [0, 0.1) is 42.0 Å². The molecule has 0 aliphatic heterocycles. The number of hydrogen-bond donors (Lipinski definition) is 0. The Labute approximate surface area is 222 Å². The third-order valence-corrected chi connectivity index (χ3v) is 6.63. The second-order valence-corrected chi connectivity index (χ2v) is 9.60. The van der Waals surface area contributed by atoms with Crippen LogP contribution in [-0.4, -0.2) is 19.8 Å². The summed E-state index contributed by atoms with van der Waals surface area (Å²) < 4.78 is 70.6. The van der Waals surface area contributed by atoms with E-state index in [0.29, 0.717) is 31.3 Å². The van der Waals surface area contributed by atoms with Crippen LogP contribution in [0.4, 0.5) is 17.6 Å². The predicted molar refractivity (Wildman–Crippen MR) is 142 cm³/mol. The highest BCUT2D eigenvalue weighted by molar-refractivity contribution is 5.65. The van der Waals surface area contributed by atoms with Gasteiger partial charge in [0.1, 0.15) is 0 Å². The molecule has 0 aromatic heterocycles. The molecule has 3 aromatic carbocycles. The molecule has 0 radical (unpaired) electrons. The largest absolute Gasteiger partial charge is 0.491 e. The first kappa shape index (κ1) is 29.3. The number of rotatable bonds is 8. The molecule has 3 nitrogen and oxygen atoms in total. The van der Waals surface area contributed by atoms with Crippen LogP contribution in [0.25, 0.3) is 11.1 Å². The van der Waals surface area contributed by atoms with Crippen molar-refractivity contribution >= 4 is 0 Å². The Bertz CT molecular complexity index is 1170. The molecule has 0 heterocycles. The zero-order valence-electron chi connectivity index (χ0n) is 22.5. The standard InChI is InChI=1S/C16H22F2O2.C15H14F2O/c1-3-19-13-8-9-14(16(18)15(13)17)20-10-12-6-4-11(2)5-7-12;1-3-18-13-9-8-12(14(16)15(13)17)11-6-4-10(2)5-7-11/h8-9,11-12H,3-7,10H2,1-2H3;4-9H,3H2,1-2H3. The van der Waals surface area contributed by atoms with Gasteiger partial charge >= 0.3 is 0 Å². The molecule has 206 valence electrons. The van der Waals surface area contributed by atoms with Crippen molar-refractivity contribution < 1.29 is 31.8 Å². The van der Waals surface area contributed by atoms with Crippen LogP contribution in [0.1, 0.15) is 52.0 Å². The molecule has 0 amide bonds. The molecule has 0 unspecified atom stereocenters. The first-order valence-corrected chi connectivity index (χ1v) is 13.2. The maximum atomic E-state index is 13.9. The van der Waals surface area contributed by atoms with E-state index >= 15 is 0 Å². The lowest BCUT2D eigenvalue weighted by Crippen LogP contribution is -2.19. The number of aryl methyl sites for hydroxylation is 1. The van der Waals surface area contributed by atoms with Crippen LogP contribution in [0.15, 0.2) is 48.5 Å². The number of hydrogen-bond acceptors (Lipinski definition) is 3. The third kappa shape index (κ3) is 7.65.